The lowest BCUT2D eigenvalue weighted by Gasteiger charge is -2.27. The lowest BCUT2D eigenvalue weighted by molar-refractivity contribution is 0.0419. The van der Waals surface area contributed by atoms with Gasteiger partial charge in [-0.05, 0) is 101 Å². The molecule has 3 rings (SSSR count). The molecule has 3 aromatic rings. The summed E-state index contributed by atoms with van der Waals surface area (Å²) < 4.78 is 60.7. The van der Waals surface area contributed by atoms with E-state index < -0.39 is 54.1 Å². The van der Waals surface area contributed by atoms with Gasteiger partial charge < -0.3 is 9.30 Å². The fraction of sp³-hybridized carbons (Fsp3) is 0.441. The maximum absolute atomic E-state index is 13.9. The van der Waals surface area contributed by atoms with E-state index in [2.05, 4.69) is 0 Å². The van der Waals surface area contributed by atoms with Crippen LogP contribution in [-0.2, 0) is 32.6 Å². The third-order valence-electron chi connectivity index (χ3n) is 7.51. The van der Waals surface area contributed by atoms with Crippen molar-refractivity contribution in [3.63, 3.8) is 0 Å². The molecular formula is C34H43FN2O7S2. The number of rotatable bonds is 9. The number of nitrogens with zero attached hydrogens (tertiary/aromatic N) is 2. The van der Waals surface area contributed by atoms with Crippen LogP contribution in [0, 0.1) is 5.82 Å². The Bertz CT molecular complexity index is 1820. The van der Waals surface area contributed by atoms with E-state index in [-0.39, 0.29) is 33.9 Å². The molecule has 9 nitrogen and oxygen atoms in total. The highest BCUT2D eigenvalue weighted by Crippen LogP contribution is 2.36. The Balaban J connectivity index is 2.28. The number of hydrogen-bond acceptors (Lipinski definition) is 7. The number of aromatic nitrogens is 1. The molecule has 0 aliphatic carbocycles. The van der Waals surface area contributed by atoms with Crippen LogP contribution in [0.25, 0.3) is 11.1 Å². The first kappa shape index (κ1) is 36.8. The van der Waals surface area contributed by atoms with Gasteiger partial charge in [-0.15, -0.1) is 0 Å². The third kappa shape index (κ3) is 8.38. The van der Waals surface area contributed by atoms with Crippen molar-refractivity contribution in [3.05, 3.63) is 93.2 Å². The predicted molar refractivity (Wildman–Crippen MR) is 179 cm³/mol. The number of ketones is 1. The quantitative estimate of drug-likeness (QED) is 0.243. The topological polar surface area (TPSA) is 120 Å². The summed E-state index contributed by atoms with van der Waals surface area (Å²) in [6, 6.07) is 11.0. The molecule has 46 heavy (non-hydrogen) atoms. The highest BCUT2D eigenvalue weighted by molar-refractivity contribution is 7.89. The lowest BCUT2D eigenvalue weighted by atomic mass is 9.87. The second-order valence-electron chi connectivity index (χ2n) is 13.4. The van der Waals surface area contributed by atoms with E-state index in [1.54, 1.807) is 40.1 Å². The Hall–Kier alpha value is -3.64. The average molecular weight is 675 g/mol. The van der Waals surface area contributed by atoms with Crippen molar-refractivity contribution in [1.82, 2.24) is 8.87 Å². The van der Waals surface area contributed by atoms with E-state index in [1.807, 2.05) is 27.7 Å². The Morgan fingerprint density at radius 3 is 2.11 bits per heavy atom. The normalized spacial score (nSPS) is 14.3. The van der Waals surface area contributed by atoms with Crippen molar-refractivity contribution >= 4 is 32.7 Å². The van der Waals surface area contributed by atoms with Gasteiger partial charge in [-0.3, -0.25) is 13.8 Å². The Kier molecular flexibility index (Phi) is 10.9. The van der Waals surface area contributed by atoms with Crippen LogP contribution in [-0.4, -0.2) is 56.5 Å². The SMILES string of the molecule is CC(c1ccc(C(=O)c2ccc(F)cc2)c(-c2cn(C)c(=O)cc2[C@H](C)C[S@@](=O)C(C)(C)C)c1)S(=O)(=O)N(C)C(=O)OC(C)(C)C. The Morgan fingerprint density at radius 2 is 1.57 bits per heavy atom. The van der Waals surface area contributed by atoms with Gasteiger partial charge in [0.1, 0.15) is 16.7 Å². The molecule has 1 aromatic heterocycles. The van der Waals surface area contributed by atoms with E-state index >= 15 is 0 Å². The van der Waals surface area contributed by atoms with Gasteiger partial charge in [-0.25, -0.2) is 21.9 Å². The molecule has 0 saturated carbocycles. The fourth-order valence-corrected chi connectivity index (χ4v) is 7.02. The fourth-order valence-electron chi connectivity index (χ4n) is 4.68. The second-order valence-corrected chi connectivity index (χ2v) is 17.9. The standard InChI is InChI=1S/C34H43FN2O7S2/c1-21(20-45(41)34(6,7)8)27-18-30(38)36(9)19-29(27)28-17-24(13-16-26(28)31(39)23-11-14-25(35)15-12-23)22(2)46(42,43)37(10)32(40)44-33(3,4)5/h11-19,21-22H,20H2,1-10H3/t21-,22?,45-/m1/s1. The zero-order valence-electron chi connectivity index (χ0n) is 28.0. The first-order valence-corrected chi connectivity index (χ1v) is 17.6. The van der Waals surface area contributed by atoms with Crippen LogP contribution >= 0.6 is 0 Å². The van der Waals surface area contributed by atoms with Crippen molar-refractivity contribution in [3.8, 4) is 11.1 Å². The summed E-state index contributed by atoms with van der Waals surface area (Å²) in [7, 11) is -2.88. The van der Waals surface area contributed by atoms with Crippen LogP contribution < -0.4 is 5.56 Å². The molecule has 0 fully saturated rings. The number of hydrogen-bond donors (Lipinski definition) is 0. The van der Waals surface area contributed by atoms with Crippen LogP contribution in [0.5, 0.6) is 0 Å². The minimum atomic E-state index is -4.29. The summed E-state index contributed by atoms with van der Waals surface area (Å²) in [5, 5.41) is -1.25. The first-order valence-electron chi connectivity index (χ1n) is 14.8. The highest BCUT2D eigenvalue weighted by atomic mass is 32.2. The van der Waals surface area contributed by atoms with Crippen molar-refractivity contribution < 1.29 is 31.3 Å². The molecule has 1 amide bonds. The van der Waals surface area contributed by atoms with Gasteiger partial charge in [0.25, 0.3) is 5.56 Å². The molecular weight excluding hydrogens is 632 g/mol. The number of sulfonamides is 1. The van der Waals surface area contributed by atoms with Crippen LogP contribution in [0.1, 0.15) is 93.6 Å². The summed E-state index contributed by atoms with van der Waals surface area (Å²) in [4.78, 5) is 39.5. The number of pyridine rings is 1. The molecule has 2 aromatic carbocycles. The van der Waals surface area contributed by atoms with Crippen molar-refractivity contribution in [2.75, 3.05) is 12.8 Å². The molecule has 0 saturated heterocycles. The van der Waals surface area contributed by atoms with Crippen molar-refractivity contribution in [2.45, 2.75) is 76.9 Å². The maximum Gasteiger partial charge on any atom is 0.423 e. The first-order chi connectivity index (χ1) is 21.0. The predicted octanol–water partition coefficient (Wildman–Crippen LogP) is 6.33. The molecule has 0 aliphatic heterocycles. The average Bonchev–Trinajstić information content (AvgIpc) is 2.95. The summed E-state index contributed by atoms with van der Waals surface area (Å²) in [6.07, 6.45) is 0.532. The summed E-state index contributed by atoms with van der Waals surface area (Å²) in [5.74, 6) is -1.12. The second kappa shape index (κ2) is 13.6. The molecule has 12 heteroatoms. The van der Waals surface area contributed by atoms with Crippen molar-refractivity contribution in [2.24, 2.45) is 7.05 Å². The van der Waals surface area contributed by atoms with E-state index in [1.165, 1.54) is 54.0 Å². The van der Waals surface area contributed by atoms with E-state index in [0.29, 0.717) is 21.0 Å². The molecule has 1 unspecified atom stereocenters. The Labute approximate surface area is 273 Å². The summed E-state index contributed by atoms with van der Waals surface area (Å²) in [5.41, 5.74) is 0.750. The van der Waals surface area contributed by atoms with E-state index in [4.69, 9.17) is 4.74 Å². The smallest absolute Gasteiger partial charge is 0.423 e. The molecule has 0 bridgehead atoms. The molecule has 0 aliphatic rings. The third-order valence-corrected chi connectivity index (χ3v) is 11.8. The van der Waals surface area contributed by atoms with Gasteiger partial charge in [0.05, 0.1) is 0 Å². The molecule has 0 spiro atoms. The molecule has 250 valence electrons. The van der Waals surface area contributed by atoms with Gasteiger partial charge >= 0.3 is 6.09 Å². The summed E-state index contributed by atoms with van der Waals surface area (Å²) in [6.45, 7) is 13.7. The minimum Gasteiger partial charge on any atom is -0.443 e. The number of aryl methyl sites for hydroxylation is 1. The largest absolute Gasteiger partial charge is 0.443 e. The van der Waals surface area contributed by atoms with Gasteiger partial charge in [-0.2, -0.15) is 0 Å². The van der Waals surface area contributed by atoms with Crippen molar-refractivity contribution in [1.29, 1.82) is 0 Å². The summed E-state index contributed by atoms with van der Waals surface area (Å²) >= 11 is 0. The zero-order valence-corrected chi connectivity index (χ0v) is 29.6. The number of halogens is 1. The van der Waals surface area contributed by atoms with E-state index in [0.717, 1.165) is 7.05 Å². The van der Waals surface area contributed by atoms with Gasteiger partial charge in [0, 0.05) is 64.3 Å². The zero-order chi connectivity index (χ0) is 34.9. The molecule has 0 N–H and O–H groups in total. The highest BCUT2D eigenvalue weighted by Gasteiger charge is 2.34. The molecule has 1 heterocycles. The number of ether oxygens (including phenoxy) is 1. The van der Waals surface area contributed by atoms with Crippen LogP contribution in [0.15, 0.2) is 59.5 Å². The number of amides is 1. The van der Waals surface area contributed by atoms with E-state index in [9.17, 15) is 31.4 Å². The molecule has 3 atom stereocenters. The van der Waals surface area contributed by atoms with Crippen LogP contribution in [0.4, 0.5) is 9.18 Å². The van der Waals surface area contributed by atoms with Crippen LogP contribution in [0.2, 0.25) is 0 Å². The molecule has 0 radical (unpaired) electrons. The lowest BCUT2D eigenvalue weighted by Crippen LogP contribution is -2.39. The monoisotopic (exact) mass is 674 g/mol. The van der Waals surface area contributed by atoms with Gasteiger partial charge in [0.15, 0.2) is 5.78 Å². The van der Waals surface area contributed by atoms with Crippen LogP contribution in [0.3, 0.4) is 0 Å². The number of carbonyl (C=O) groups excluding carboxylic acids is 2. The van der Waals surface area contributed by atoms with Gasteiger partial charge in [0.2, 0.25) is 10.0 Å². The van der Waals surface area contributed by atoms with Gasteiger partial charge in [-0.1, -0.05) is 19.1 Å². The number of carbonyl (C=O) groups is 2. The number of benzene rings is 2. The Morgan fingerprint density at radius 1 is 0.978 bits per heavy atom. The minimum absolute atomic E-state index is 0.185. The maximum atomic E-state index is 13.9.